The van der Waals surface area contributed by atoms with E-state index in [2.05, 4.69) is 15.5 Å². The Hall–Kier alpha value is -2.83. The molecule has 268 valence electrons. The molecule has 0 spiro atoms. The van der Waals surface area contributed by atoms with Gasteiger partial charge in [0.2, 0.25) is 11.8 Å². The van der Waals surface area contributed by atoms with Gasteiger partial charge >= 0.3 is 5.97 Å². The average molecular weight is 753 g/mol. The highest BCUT2D eigenvalue weighted by Gasteiger charge is 2.29. The summed E-state index contributed by atoms with van der Waals surface area (Å²) in [5.74, 6) is -0.259. The zero-order chi connectivity index (χ0) is 33.8. The first-order valence-corrected chi connectivity index (χ1v) is 16.6. The SMILES string of the molecule is CCOC(=O)[C@H](Cc1ccc(F)cc1)NC(=O)[C@H](CC(C)C)NC(=O)[C@@H](N)CCc1nc2cc(N(CCCl)CCCl)ccc2n1C.Cl.Cl. The van der Waals surface area contributed by atoms with Gasteiger partial charge in [0.1, 0.15) is 23.7 Å². The third kappa shape index (κ3) is 12.6. The molecular weight excluding hydrogens is 705 g/mol. The van der Waals surface area contributed by atoms with Crippen molar-refractivity contribution in [2.45, 2.75) is 64.6 Å². The fraction of sp³-hybridized carbons (Fsp3) is 0.515. The number of carbonyl (C=O) groups is 3. The van der Waals surface area contributed by atoms with Crippen molar-refractivity contribution >= 4 is 82.5 Å². The van der Waals surface area contributed by atoms with Crippen LogP contribution in [0.5, 0.6) is 0 Å². The molecular formula is C33H47Cl4FN6O4. The molecule has 3 rings (SSSR count). The summed E-state index contributed by atoms with van der Waals surface area (Å²) in [6.07, 6.45) is 1.16. The maximum Gasteiger partial charge on any atom is 0.328 e. The van der Waals surface area contributed by atoms with Crippen LogP contribution in [-0.2, 0) is 39.0 Å². The number of alkyl halides is 2. The normalized spacial score (nSPS) is 12.8. The number of fused-ring (bicyclic) bond motifs is 1. The number of nitrogens with one attached hydrogen (secondary N) is 2. The van der Waals surface area contributed by atoms with Gasteiger partial charge in [0.05, 0.1) is 23.7 Å². The molecule has 1 heterocycles. The molecule has 3 aromatic rings. The Labute approximate surface area is 304 Å². The summed E-state index contributed by atoms with van der Waals surface area (Å²) < 4.78 is 20.6. The van der Waals surface area contributed by atoms with Crippen LogP contribution >= 0.6 is 48.0 Å². The molecule has 0 saturated heterocycles. The number of aryl methyl sites for hydroxylation is 2. The first-order chi connectivity index (χ1) is 22.0. The number of amides is 2. The summed E-state index contributed by atoms with van der Waals surface area (Å²) in [6, 6.07) is 8.81. The van der Waals surface area contributed by atoms with E-state index < -0.39 is 41.7 Å². The maximum absolute atomic E-state index is 13.4. The standard InChI is InChI=1S/C33H45Cl2FN6O4.2ClH/c1-5-46-33(45)28(19-22-6-8-23(36)9-7-22)40-32(44)27(18-21(2)3)39-31(43)25(37)11-13-30-38-26-20-24(10-12-29(26)41(30)4)42(16-14-34)17-15-35;;/h6-10,12,20-21,25,27-28H,5,11,13-19,37H2,1-4H3,(H,39,43)(H,40,44);2*1H/t25-,27-,28-;;/m0../s1. The van der Waals surface area contributed by atoms with Gasteiger partial charge in [-0.2, -0.15) is 0 Å². The zero-order valence-electron chi connectivity index (χ0n) is 27.7. The van der Waals surface area contributed by atoms with E-state index in [1.165, 1.54) is 12.1 Å². The predicted octanol–water partition coefficient (Wildman–Crippen LogP) is 4.92. The molecule has 4 N–H and O–H groups in total. The van der Waals surface area contributed by atoms with Crippen LogP contribution in [0.1, 0.15) is 45.0 Å². The highest BCUT2D eigenvalue weighted by molar-refractivity contribution is 6.18. The number of aromatic nitrogens is 2. The summed E-state index contributed by atoms with van der Waals surface area (Å²) >= 11 is 12.0. The smallest absolute Gasteiger partial charge is 0.328 e. The van der Waals surface area contributed by atoms with Crippen molar-refractivity contribution in [3.8, 4) is 0 Å². The third-order valence-electron chi connectivity index (χ3n) is 7.63. The lowest BCUT2D eigenvalue weighted by Crippen LogP contribution is -2.55. The van der Waals surface area contributed by atoms with Crippen molar-refractivity contribution in [1.29, 1.82) is 0 Å². The van der Waals surface area contributed by atoms with E-state index in [0.717, 1.165) is 22.5 Å². The molecule has 0 radical (unpaired) electrons. The van der Waals surface area contributed by atoms with Crippen LogP contribution in [0.25, 0.3) is 11.0 Å². The number of benzene rings is 2. The van der Waals surface area contributed by atoms with Crippen molar-refractivity contribution in [2.24, 2.45) is 18.7 Å². The summed E-state index contributed by atoms with van der Waals surface area (Å²) in [7, 11) is 1.92. The van der Waals surface area contributed by atoms with Gasteiger partial charge in [-0.15, -0.1) is 48.0 Å². The second kappa shape index (κ2) is 21.3. The number of nitrogens with zero attached hydrogens (tertiary/aromatic N) is 3. The Kier molecular flexibility index (Phi) is 19.2. The molecule has 0 fully saturated rings. The van der Waals surface area contributed by atoms with Gasteiger partial charge in [0.15, 0.2) is 0 Å². The molecule has 0 bridgehead atoms. The predicted molar refractivity (Wildman–Crippen MR) is 195 cm³/mol. The largest absolute Gasteiger partial charge is 0.464 e. The maximum atomic E-state index is 13.4. The van der Waals surface area contributed by atoms with Gasteiger partial charge in [0, 0.05) is 50.4 Å². The molecule has 2 amide bonds. The molecule has 48 heavy (non-hydrogen) atoms. The van der Waals surface area contributed by atoms with Gasteiger partial charge in [-0.25, -0.2) is 14.2 Å². The highest BCUT2D eigenvalue weighted by Crippen LogP contribution is 2.23. The molecule has 0 aliphatic carbocycles. The second-order valence-electron chi connectivity index (χ2n) is 11.6. The number of hydrogen-bond donors (Lipinski definition) is 3. The topological polar surface area (TPSA) is 132 Å². The number of anilines is 1. The lowest BCUT2D eigenvalue weighted by Gasteiger charge is -2.25. The minimum atomic E-state index is -1.02. The summed E-state index contributed by atoms with van der Waals surface area (Å²) in [5.41, 5.74) is 9.69. The van der Waals surface area contributed by atoms with E-state index in [-0.39, 0.29) is 43.8 Å². The van der Waals surface area contributed by atoms with Crippen LogP contribution in [-0.4, -0.2) is 76.9 Å². The first kappa shape index (κ1) is 43.2. The fourth-order valence-electron chi connectivity index (χ4n) is 5.19. The van der Waals surface area contributed by atoms with Gasteiger partial charge in [-0.1, -0.05) is 26.0 Å². The summed E-state index contributed by atoms with van der Waals surface area (Å²) in [5, 5.41) is 5.51. The van der Waals surface area contributed by atoms with Crippen LogP contribution in [0, 0.1) is 11.7 Å². The Morgan fingerprint density at radius 3 is 2.21 bits per heavy atom. The number of esters is 1. The molecule has 10 nitrogen and oxygen atoms in total. The van der Waals surface area contributed by atoms with E-state index in [1.54, 1.807) is 19.1 Å². The molecule has 0 saturated carbocycles. The van der Waals surface area contributed by atoms with Gasteiger partial charge < -0.3 is 30.6 Å². The minimum Gasteiger partial charge on any atom is -0.464 e. The lowest BCUT2D eigenvalue weighted by atomic mass is 10.0. The quantitative estimate of drug-likeness (QED) is 0.124. The van der Waals surface area contributed by atoms with Crippen LogP contribution in [0.15, 0.2) is 42.5 Å². The summed E-state index contributed by atoms with van der Waals surface area (Å²) in [6.45, 7) is 6.98. The number of imidazole rings is 1. The monoisotopic (exact) mass is 750 g/mol. The van der Waals surface area contributed by atoms with Crippen molar-refractivity contribution < 1.29 is 23.5 Å². The first-order valence-electron chi connectivity index (χ1n) is 15.6. The average Bonchev–Trinajstić information content (AvgIpc) is 3.34. The van der Waals surface area contributed by atoms with E-state index in [1.807, 2.05) is 43.7 Å². The van der Waals surface area contributed by atoms with Crippen molar-refractivity contribution in [3.05, 3.63) is 59.7 Å². The van der Waals surface area contributed by atoms with Crippen LogP contribution in [0.4, 0.5) is 10.1 Å². The number of hydrogen-bond acceptors (Lipinski definition) is 7. The number of halogens is 5. The molecule has 0 unspecified atom stereocenters. The van der Waals surface area contributed by atoms with Crippen molar-refractivity contribution in [3.63, 3.8) is 0 Å². The number of rotatable bonds is 18. The van der Waals surface area contributed by atoms with E-state index in [0.29, 0.717) is 49.7 Å². The van der Waals surface area contributed by atoms with Crippen molar-refractivity contribution in [1.82, 2.24) is 20.2 Å². The molecule has 1 aromatic heterocycles. The van der Waals surface area contributed by atoms with E-state index in [9.17, 15) is 18.8 Å². The Balaban J connectivity index is 0.00000576. The zero-order valence-corrected chi connectivity index (χ0v) is 30.9. The van der Waals surface area contributed by atoms with Crippen molar-refractivity contribution in [2.75, 3.05) is 36.4 Å². The van der Waals surface area contributed by atoms with Crippen LogP contribution in [0.2, 0.25) is 0 Å². The van der Waals surface area contributed by atoms with Crippen LogP contribution in [0.3, 0.4) is 0 Å². The van der Waals surface area contributed by atoms with E-state index >= 15 is 0 Å². The molecule has 0 aliphatic rings. The molecule has 3 atom stereocenters. The molecule has 0 aliphatic heterocycles. The number of nitrogens with two attached hydrogens (primary N) is 1. The summed E-state index contributed by atoms with van der Waals surface area (Å²) in [4.78, 5) is 46.2. The number of ether oxygens (including phenoxy) is 1. The highest BCUT2D eigenvalue weighted by atomic mass is 35.5. The van der Waals surface area contributed by atoms with Crippen LogP contribution < -0.4 is 21.3 Å². The second-order valence-corrected chi connectivity index (χ2v) is 12.4. The van der Waals surface area contributed by atoms with Gasteiger partial charge in [0.25, 0.3) is 0 Å². The Morgan fingerprint density at radius 2 is 1.62 bits per heavy atom. The van der Waals surface area contributed by atoms with Gasteiger partial charge in [-0.05, 0) is 61.6 Å². The lowest BCUT2D eigenvalue weighted by molar-refractivity contribution is -0.147. The number of carbonyl (C=O) groups excluding carboxylic acids is 3. The third-order valence-corrected chi connectivity index (χ3v) is 7.97. The fourth-order valence-corrected chi connectivity index (χ4v) is 5.60. The minimum absolute atomic E-state index is 0. The Bertz CT molecular complexity index is 1450. The molecule has 2 aromatic carbocycles. The Morgan fingerprint density at radius 1 is 1.00 bits per heavy atom. The van der Waals surface area contributed by atoms with E-state index in [4.69, 9.17) is 38.7 Å². The molecule has 15 heteroatoms. The van der Waals surface area contributed by atoms with Gasteiger partial charge in [-0.3, -0.25) is 9.59 Å².